The summed E-state index contributed by atoms with van der Waals surface area (Å²) in [5, 5.41) is 14.2. The highest BCUT2D eigenvalue weighted by atomic mass is 16.5. The van der Waals surface area contributed by atoms with Crippen molar-refractivity contribution in [3.8, 4) is 5.75 Å². The van der Waals surface area contributed by atoms with Crippen molar-refractivity contribution in [3.05, 3.63) is 46.8 Å². The summed E-state index contributed by atoms with van der Waals surface area (Å²) in [6, 6.07) is 7.38. The van der Waals surface area contributed by atoms with Gasteiger partial charge in [0.1, 0.15) is 11.4 Å². The van der Waals surface area contributed by atoms with Crippen LogP contribution in [0.25, 0.3) is 0 Å². The molecule has 8 nitrogen and oxygen atoms in total. The van der Waals surface area contributed by atoms with Crippen molar-refractivity contribution in [2.45, 2.75) is 53.0 Å². The summed E-state index contributed by atoms with van der Waals surface area (Å²) < 4.78 is 10.4. The third kappa shape index (κ3) is 6.24. The van der Waals surface area contributed by atoms with Gasteiger partial charge in [0.15, 0.2) is 0 Å². The lowest BCUT2D eigenvalue weighted by Crippen LogP contribution is -2.29. The van der Waals surface area contributed by atoms with E-state index in [9.17, 15) is 14.8 Å². The summed E-state index contributed by atoms with van der Waals surface area (Å²) in [6.07, 6.45) is 3.05. The average molecular weight is 432 g/mol. The molecule has 0 aliphatic rings. The molecule has 170 valence electrons. The Labute approximate surface area is 183 Å². The van der Waals surface area contributed by atoms with Crippen LogP contribution in [0.2, 0.25) is 0 Å². The van der Waals surface area contributed by atoms with Crippen LogP contribution in [-0.4, -0.2) is 47.4 Å². The van der Waals surface area contributed by atoms with Crippen molar-refractivity contribution >= 4 is 17.6 Å². The van der Waals surface area contributed by atoms with E-state index in [0.717, 1.165) is 29.3 Å². The molecule has 0 unspecified atom stereocenters. The molecule has 0 aliphatic heterocycles. The monoisotopic (exact) mass is 431 g/mol. The van der Waals surface area contributed by atoms with Gasteiger partial charge in [0, 0.05) is 17.9 Å². The Morgan fingerprint density at radius 1 is 1.13 bits per heavy atom. The highest BCUT2D eigenvalue weighted by Crippen LogP contribution is 2.24. The van der Waals surface area contributed by atoms with Crippen molar-refractivity contribution < 1.29 is 24.3 Å². The average Bonchev–Trinajstić information content (AvgIpc) is 3.16. The van der Waals surface area contributed by atoms with Crippen LogP contribution in [-0.2, 0) is 17.7 Å². The molecular formula is C23H33N3O5. The summed E-state index contributed by atoms with van der Waals surface area (Å²) in [7, 11) is 1.60. The lowest BCUT2D eigenvalue weighted by Gasteiger charge is -2.15. The van der Waals surface area contributed by atoms with Crippen LogP contribution < -0.4 is 10.1 Å². The number of esters is 1. The van der Waals surface area contributed by atoms with Crippen LogP contribution in [0.15, 0.2) is 24.3 Å². The predicted octanol–water partition coefficient (Wildman–Crippen LogP) is 4.40. The standard InChI is InChI=1S/C23H33N3O5/c1-5-8-9-14-26(29)22(27)21-18(6-2)20(23(28)31-7-3)19(25-21)15-24-16-10-12-17(30-4)13-11-16/h10-13,24-25,29H,5-9,14-15H2,1-4H3. The molecule has 2 rings (SSSR count). The quantitative estimate of drug-likeness (QED) is 0.199. The number of benzene rings is 1. The van der Waals surface area contributed by atoms with E-state index in [1.54, 1.807) is 14.0 Å². The predicted molar refractivity (Wildman–Crippen MR) is 119 cm³/mol. The Kier molecular flexibility index (Phi) is 9.40. The van der Waals surface area contributed by atoms with Gasteiger partial charge >= 0.3 is 5.97 Å². The molecule has 1 aromatic carbocycles. The number of unbranched alkanes of at least 4 members (excludes halogenated alkanes) is 2. The van der Waals surface area contributed by atoms with Gasteiger partial charge in [-0.25, -0.2) is 9.86 Å². The lowest BCUT2D eigenvalue weighted by atomic mass is 10.1. The van der Waals surface area contributed by atoms with Gasteiger partial charge in [-0.1, -0.05) is 26.7 Å². The zero-order valence-electron chi connectivity index (χ0n) is 18.8. The number of H-pyrrole nitrogens is 1. The Hall–Kier alpha value is -3.00. The van der Waals surface area contributed by atoms with E-state index >= 15 is 0 Å². The molecule has 0 saturated carbocycles. The first kappa shape index (κ1) is 24.3. The van der Waals surface area contributed by atoms with Crippen LogP contribution in [0.5, 0.6) is 5.75 Å². The normalized spacial score (nSPS) is 10.6. The minimum atomic E-state index is -0.547. The number of rotatable bonds is 12. The van der Waals surface area contributed by atoms with E-state index in [1.165, 1.54) is 0 Å². The summed E-state index contributed by atoms with van der Waals surface area (Å²) in [6.45, 7) is 6.40. The Morgan fingerprint density at radius 3 is 2.42 bits per heavy atom. The topological polar surface area (TPSA) is 104 Å². The number of hydroxylamine groups is 2. The molecule has 3 N–H and O–H groups in total. The van der Waals surface area contributed by atoms with Gasteiger partial charge in [-0.15, -0.1) is 0 Å². The van der Waals surface area contributed by atoms with Crippen LogP contribution in [0.4, 0.5) is 5.69 Å². The third-order valence-corrected chi connectivity index (χ3v) is 5.00. The number of hydrogen-bond donors (Lipinski definition) is 3. The molecule has 1 aromatic heterocycles. The Balaban J connectivity index is 2.31. The second-order valence-corrected chi connectivity index (χ2v) is 7.12. The summed E-state index contributed by atoms with van der Waals surface area (Å²) in [5.74, 6) is -0.296. The van der Waals surface area contributed by atoms with E-state index in [4.69, 9.17) is 9.47 Å². The minimum absolute atomic E-state index is 0.219. The number of nitrogens with one attached hydrogen (secondary N) is 2. The molecule has 1 heterocycles. The van der Waals surface area contributed by atoms with E-state index in [2.05, 4.69) is 17.2 Å². The number of aromatic amines is 1. The molecule has 31 heavy (non-hydrogen) atoms. The first-order valence-electron chi connectivity index (χ1n) is 10.8. The first-order chi connectivity index (χ1) is 15.0. The van der Waals surface area contributed by atoms with Gasteiger partial charge in [-0.05, 0) is 49.6 Å². The molecule has 0 aliphatic carbocycles. The van der Waals surface area contributed by atoms with E-state index in [-0.39, 0.29) is 25.4 Å². The molecule has 1 amide bonds. The third-order valence-electron chi connectivity index (χ3n) is 5.00. The van der Waals surface area contributed by atoms with Crippen molar-refractivity contribution in [3.63, 3.8) is 0 Å². The van der Waals surface area contributed by atoms with Crippen LogP contribution in [0.1, 0.15) is 72.1 Å². The van der Waals surface area contributed by atoms with Gasteiger partial charge in [-0.3, -0.25) is 10.0 Å². The molecule has 0 atom stereocenters. The van der Waals surface area contributed by atoms with Crippen LogP contribution in [0, 0.1) is 0 Å². The van der Waals surface area contributed by atoms with Gasteiger partial charge in [0.05, 0.1) is 25.8 Å². The largest absolute Gasteiger partial charge is 0.497 e. The number of methoxy groups -OCH3 is 1. The highest BCUT2D eigenvalue weighted by molar-refractivity contribution is 6.00. The number of hydrogen-bond acceptors (Lipinski definition) is 6. The fraction of sp³-hybridized carbons (Fsp3) is 0.478. The fourth-order valence-corrected chi connectivity index (χ4v) is 3.36. The molecular weight excluding hydrogens is 398 g/mol. The lowest BCUT2D eigenvalue weighted by molar-refractivity contribution is -0.0592. The van der Waals surface area contributed by atoms with Crippen molar-refractivity contribution in [1.82, 2.24) is 10.0 Å². The van der Waals surface area contributed by atoms with Crippen LogP contribution >= 0.6 is 0 Å². The summed E-state index contributed by atoms with van der Waals surface area (Å²) in [4.78, 5) is 28.6. The number of nitrogens with zero attached hydrogens (tertiary/aromatic N) is 1. The maximum absolute atomic E-state index is 12.9. The van der Waals surface area contributed by atoms with Crippen LogP contribution in [0.3, 0.4) is 0 Å². The number of aromatic nitrogens is 1. The second kappa shape index (κ2) is 12.0. The number of carbonyl (C=O) groups is 2. The minimum Gasteiger partial charge on any atom is -0.497 e. The molecule has 0 bridgehead atoms. The first-order valence-corrected chi connectivity index (χ1v) is 10.8. The molecule has 0 saturated heterocycles. The van der Waals surface area contributed by atoms with E-state index in [1.807, 2.05) is 31.2 Å². The highest BCUT2D eigenvalue weighted by Gasteiger charge is 2.28. The zero-order valence-corrected chi connectivity index (χ0v) is 18.8. The molecule has 0 spiro atoms. The SMILES string of the molecule is CCCCCN(O)C(=O)c1[nH]c(CNc2ccc(OC)cc2)c(C(=O)OCC)c1CC. The molecule has 0 fully saturated rings. The maximum atomic E-state index is 12.9. The number of ether oxygens (including phenoxy) is 2. The maximum Gasteiger partial charge on any atom is 0.340 e. The van der Waals surface area contributed by atoms with Crippen molar-refractivity contribution in [2.24, 2.45) is 0 Å². The summed E-state index contributed by atoms with van der Waals surface area (Å²) >= 11 is 0. The Morgan fingerprint density at radius 2 is 1.84 bits per heavy atom. The van der Waals surface area contributed by atoms with Gasteiger partial charge in [0.2, 0.25) is 0 Å². The van der Waals surface area contributed by atoms with Gasteiger partial charge < -0.3 is 19.8 Å². The summed E-state index contributed by atoms with van der Waals surface area (Å²) in [5.41, 5.74) is 2.48. The zero-order chi connectivity index (χ0) is 22.8. The van der Waals surface area contributed by atoms with Gasteiger partial charge in [-0.2, -0.15) is 0 Å². The number of carbonyl (C=O) groups excluding carboxylic acids is 2. The smallest absolute Gasteiger partial charge is 0.340 e. The van der Waals surface area contributed by atoms with Crippen molar-refractivity contribution in [2.75, 3.05) is 25.6 Å². The molecule has 8 heteroatoms. The second-order valence-electron chi connectivity index (χ2n) is 7.12. The number of anilines is 1. The Bertz CT molecular complexity index is 861. The fourth-order valence-electron chi connectivity index (χ4n) is 3.36. The van der Waals surface area contributed by atoms with Gasteiger partial charge in [0.25, 0.3) is 5.91 Å². The molecule has 0 radical (unpaired) electrons. The molecule has 2 aromatic rings. The van der Waals surface area contributed by atoms with Crippen molar-refractivity contribution in [1.29, 1.82) is 0 Å². The van der Waals surface area contributed by atoms with E-state index < -0.39 is 11.9 Å². The number of amides is 1. The van der Waals surface area contributed by atoms with E-state index in [0.29, 0.717) is 29.7 Å².